The molecule has 1 N–H and O–H groups in total. The van der Waals surface area contributed by atoms with Crippen LogP contribution in [0, 0.1) is 0 Å². The van der Waals surface area contributed by atoms with Crippen molar-refractivity contribution in [3.8, 4) is 11.6 Å². The Morgan fingerprint density at radius 2 is 2.16 bits per heavy atom. The Labute approximate surface area is 124 Å². The number of rotatable bonds is 6. The maximum absolute atomic E-state index is 9.41. The second-order valence-corrected chi connectivity index (χ2v) is 5.84. The van der Waals surface area contributed by atoms with Crippen molar-refractivity contribution in [3.05, 3.63) is 51.8 Å². The fourth-order valence-corrected chi connectivity index (χ4v) is 2.45. The summed E-state index contributed by atoms with van der Waals surface area (Å²) in [6, 6.07) is 7.60. The van der Waals surface area contributed by atoms with Gasteiger partial charge < -0.3 is 9.84 Å². The summed E-state index contributed by atoms with van der Waals surface area (Å²) in [5.41, 5.74) is 0. The van der Waals surface area contributed by atoms with Gasteiger partial charge in [0.15, 0.2) is 0 Å². The van der Waals surface area contributed by atoms with E-state index in [2.05, 4.69) is 27.5 Å². The van der Waals surface area contributed by atoms with Gasteiger partial charge in [0.25, 0.3) is 0 Å². The quantitative estimate of drug-likeness (QED) is 0.803. The van der Waals surface area contributed by atoms with E-state index < -0.39 is 6.10 Å². The van der Waals surface area contributed by atoms with Gasteiger partial charge in [-0.1, -0.05) is 22.0 Å². The zero-order chi connectivity index (χ0) is 13.7. The molecule has 0 amide bonds. The summed E-state index contributed by atoms with van der Waals surface area (Å²) in [6.07, 6.45) is 2.42. The number of ether oxygens (including phenoxy) is 1. The first-order valence-electron chi connectivity index (χ1n) is 5.86. The monoisotopic (exact) mass is 339 g/mol. The maximum atomic E-state index is 9.41. The lowest BCUT2D eigenvalue weighted by Crippen LogP contribution is -2.02. The summed E-state index contributed by atoms with van der Waals surface area (Å²) in [6.45, 7) is 3.55. The first-order chi connectivity index (χ1) is 9.17. The molecule has 2 aromatic rings. The molecule has 3 nitrogen and oxygen atoms in total. The van der Waals surface area contributed by atoms with Crippen LogP contribution in [0.4, 0.5) is 0 Å². The van der Waals surface area contributed by atoms with Crippen LogP contribution in [0.3, 0.4) is 0 Å². The number of nitrogens with zero attached hydrogens (tertiary/aromatic N) is 1. The van der Waals surface area contributed by atoms with E-state index in [-0.39, 0.29) is 0 Å². The first kappa shape index (κ1) is 14.2. The molecule has 0 saturated carbocycles. The van der Waals surface area contributed by atoms with Crippen LogP contribution in [-0.4, -0.2) is 16.2 Å². The van der Waals surface area contributed by atoms with Crippen LogP contribution in [-0.2, 0) is 6.42 Å². The molecule has 1 atom stereocenters. The fourth-order valence-electron chi connectivity index (χ4n) is 1.47. The van der Waals surface area contributed by atoms with Gasteiger partial charge in [-0.05, 0) is 30.7 Å². The highest BCUT2D eigenvalue weighted by atomic mass is 79.9. The first-order valence-corrected chi connectivity index (χ1v) is 7.53. The van der Waals surface area contributed by atoms with Crippen molar-refractivity contribution < 1.29 is 9.84 Å². The van der Waals surface area contributed by atoms with Gasteiger partial charge in [-0.3, -0.25) is 0 Å². The Morgan fingerprint density at radius 1 is 1.42 bits per heavy atom. The van der Waals surface area contributed by atoms with Gasteiger partial charge >= 0.3 is 0 Å². The average Bonchev–Trinajstić information content (AvgIpc) is 2.86. The van der Waals surface area contributed by atoms with Gasteiger partial charge in [0, 0.05) is 10.9 Å². The van der Waals surface area contributed by atoms with Crippen molar-refractivity contribution in [1.82, 2.24) is 4.98 Å². The number of hydrogen-bond donors (Lipinski definition) is 1. The Hall–Kier alpha value is -1.17. The maximum Gasteiger partial charge on any atom is 0.230 e. The number of aromatic nitrogens is 1. The summed E-state index contributed by atoms with van der Waals surface area (Å²) >= 11 is 4.91. The largest absolute Gasteiger partial charge is 0.438 e. The molecule has 0 aliphatic carbocycles. The second kappa shape index (κ2) is 6.84. The zero-order valence-corrected chi connectivity index (χ0v) is 12.7. The Kier molecular flexibility index (Phi) is 5.13. The third-order valence-corrected chi connectivity index (χ3v) is 3.91. The normalized spacial score (nSPS) is 12.1. The third kappa shape index (κ3) is 4.45. The van der Waals surface area contributed by atoms with Crippen LogP contribution in [0.15, 0.2) is 46.8 Å². The van der Waals surface area contributed by atoms with E-state index in [9.17, 15) is 5.11 Å². The van der Waals surface area contributed by atoms with Gasteiger partial charge in [0.1, 0.15) is 5.75 Å². The van der Waals surface area contributed by atoms with Crippen LogP contribution in [0.2, 0.25) is 0 Å². The summed E-state index contributed by atoms with van der Waals surface area (Å²) in [7, 11) is 0. The van der Waals surface area contributed by atoms with Crippen molar-refractivity contribution in [2.45, 2.75) is 18.9 Å². The van der Waals surface area contributed by atoms with Crippen LogP contribution >= 0.6 is 27.3 Å². The number of benzene rings is 1. The van der Waals surface area contributed by atoms with Crippen molar-refractivity contribution in [1.29, 1.82) is 0 Å². The Bertz CT molecular complexity index is 539. The standard InChI is InChI=1S/C14H14BrNO2S/c1-2-11(17)5-8-14-16-13(9-19-14)18-12-6-3-10(15)4-7-12/h2-4,6-7,9,11,17H,1,5,8H2. The van der Waals surface area contributed by atoms with Crippen molar-refractivity contribution in [3.63, 3.8) is 0 Å². The molecule has 0 fully saturated rings. The van der Waals surface area contributed by atoms with Crippen molar-refractivity contribution in [2.75, 3.05) is 0 Å². The average molecular weight is 340 g/mol. The molecule has 0 aliphatic rings. The molecule has 100 valence electrons. The topological polar surface area (TPSA) is 42.4 Å². The molecule has 0 radical (unpaired) electrons. The minimum Gasteiger partial charge on any atom is -0.438 e. The van der Waals surface area contributed by atoms with Gasteiger partial charge in [0.05, 0.1) is 16.5 Å². The van der Waals surface area contributed by atoms with E-state index in [0.29, 0.717) is 12.3 Å². The predicted octanol–water partition coefficient (Wildman–Crippen LogP) is 4.18. The molecule has 19 heavy (non-hydrogen) atoms. The van der Waals surface area contributed by atoms with Gasteiger partial charge in [-0.2, -0.15) is 0 Å². The van der Waals surface area contributed by atoms with E-state index in [1.807, 2.05) is 29.6 Å². The molecule has 1 aromatic carbocycles. The molecule has 5 heteroatoms. The molecule has 0 bridgehead atoms. The van der Waals surface area contributed by atoms with Gasteiger partial charge in [0.2, 0.25) is 5.88 Å². The van der Waals surface area contributed by atoms with Gasteiger partial charge in [-0.15, -0.1) is 17.9 Å². The number of aliphatic hydroxyl groups is 1. The minimum absolute atomic E-state index is 0.472. The fraction of sp³-hybridized carbons (Fsp3) is 0.214. The predicted molar refractivity (Wildman–Crippen MR) is 80.9 cm³/mol. The zero-order valence-electron chi connectivity index (χ0n) is 10.3. The van der Waals surface area contributed by atoms with Gasteiger partial charge in [-0.25, -0.2) is 4.98 Å². The number of thiazole rings is 1. The van der Waals surface area contributed by atoms with E-state index in [0.717, 1.165) is 21.7 Å². The minimum atomic E-state index is -0.472. The van der Waals surface area contributed by atoms with Crippen molar-refractivity contribution >= 4 is 27.3 Å². The highest BCUT2D eigenvalue weighted by Crippen LogP contribution is 2.25. The summed E-state index contributed by atoms with van der Waals surface area (Å²) in [5, 5.41) is 12.2. The summed E-state index contributed by atoms with van der Waals surface area (Å²) in [4.78, 5) is 4.37. The van der Waals surface area contributed by atoms with E-state index in [4.69, 9.17) is 4.74 Å². The molecular formula is C14H14BrNO2S. The molecule has 2 rings (SSSR count). The number of aryl methyl sites for hydroxylation is 1. The molecular weight excluding hydrogens is 326 g/mol. The summed E-state index contributed by atoms with van der Waals surface area (Å²) < 4.78 is 6.65. The molecule has 0 aliphatic heterocycles. The lowest BCUT2D eigenvalue weighted by molar-refractivity contribution is 0.213. The van der Waals surface area contributed by atoms with Crippen molar-refractivity contribution in [2.24, 2.45) is 0 Å². The number of halogens is 1. The van der Waals surface area contributed by atoms with E-state index >= 15 is 0 Å². The summed E-state index contributed by atoms with van der Waals surface area (Å²) in [5.74, 6) is 1.35. The molecule has 0 spiro atoms. The highest BCUT2D eigenvalue weighted by Gasteiger charge is 2.06. The van der Waals surface area contributed by atoms with Crippen LogP contribution in [0.1, 0.15) is 11.4 Å². The van der Waals surface area contributed by atoms with Crippen LogP contribution in [0.5, 0.6) is 11.6 Å². The smallest absolute Gasteiger partial charge is 0.230 e. The third-order valence-electron chi connectivity index (χ3n) is 2.49. The van der Waals surface area contributed by atoms with E-state index in [1.165, 1.54) is 17.4 Å². The Balaban J connectivity index is 1.93. The van der Waals surface area contributed by atoms with Crippen LogP contribution in [0.25, 0.3) is 0 Å². The molecule has 1 heterocycles. The lowest BCUT2D eigenvalue weighted by atomic mass is 10.2. The Morgan fingerprint density at radius 3 is 2.84 bits per heavy atom. The highest BCUT2D eigenvalue weighted by molar-refractivity contribution is 9.10. The SMILES string of the molecule is C=CC(O)CCc1nc(Oc2ccc(Br)cc2)cs1. The number of aliphatic hydroxyl groups excluding tert-OH is 1. The van der Waals surface area contributed by atoms with E-state index in [1.54, 1.807) is 0 Å². The molecule has 1 aromatic heterocycles. The van der Waals surface area contributed by atoms with Crippen LogP contribution < -0.4 is 4.74 Å². The number of hydrogen-bond acceptors (Lipinski definition) is 4. The second-order valence-electron chi connectivity index (χ2n) is 3.98. The molecule has 1 unspecified atom stereocenters. The lowest BCUT2D eigenvalue weighted by Gasteiger charge is -2.02. The molecule has 0 saturated heterocycles.